The van der Waals surface area contributed by atoms with Crippen LogP contribution in [0.3, 0.4) is 0 Å². The molecule has 2 aromatic heterocycles. The van der Waals surface area contributed by atoms with Gasteiger partial charge in [-0.15, -0.1) is 11.3 Å². The van der Waals surface area contributed by atoms with Crippen molar-refractivity contribution >= 4 is 11.3 Å². The first-order valence-corrected chi connectivity index (χ1v) is 7.06. The Labute approximate surface area is 111 Å². The summed E-state index contributed by atoms with van der Waals surface area (Å²) >= 11 is 1.68. The topological polar surface area (TPSA) is 50.7 Å². The predicted octanol–water partition coefficient (Wildman–Crippen LogP) is 2.64. The molecule has 0 spiro atoms. The highest BCUT2D eigenvalue weighted by atomic mass is 32.1. The third kappa shape index (κ3) is 2.28. The van der Waals surface area contributed by atoms with Crippen molar-refractivity contribution in [2.45, 2.75) is 32.7 Å². The fourth-order valence-electron chi connectivity index (χ4n) is 2.23. The molecule has 18 heavy (non-hydrogen) atoms. The first-order valence-electron chi connectivity index (χ1n) is 6.24. The van der Waals surface area contributed by atoms with Gasteiger partial charge in [-0.25, -0.2) is 15.0 Å². The van der Waals surface area contributed by atoms with Gasteiger partial charge in [-0.05, 0) is 39.3 Å². The van der Waals surface area contributed by atoms with Crippen LogP contribution in [0.15, 0.2) is 12.3 Å². The summed E-state index contributed by atoms with van der Waals surface area (Å²) in [6.45, 7) is 5.15. The minimum Gasteiger partial charge on any atom is -0.307 e. The molecule has 1 fully saturated rings. The number of aromatic nitrogens is 3. The molecule has 0 unspecified atom stereocenters. The zero-order valence-electron chi connectivity index (χ0n) is 10.6. The smallest absolute Gasteiger partial charge is 0.146 e. The van der Waals surface area contributed by atoms with Gasteiger partial charge in [-0.3, -0.25) is 0 Å². The third-order valence-electron chi connectivity index (χ3n) is 3.08. The number of thiazole rings is 1. The van der Waals surface area contributed by atoms with Crippen molar-refractivity contribution < 1.29 is 0 Å². The minimum atomic E-state index is 0.310. The maximum absolute atomic E-state index is 4.67. The molecule has 94 valence electrons. The molecule has 1 aliphatic rings. The molecule has 1 atom stereocenters. The lowest BCUT2D eigenvalue weighted by Gasteiger charge is -2.10. The summed E-state index contributed by atoms with van der Waals surface area (Å²) in [5, 5.41) is 4.43. The van der Waals surface area contributed by atoms with Crippen molar-refractivity contribution in [1.82, 2.24) is 20.3 Å². The van der Waals surface area contributed by atoms with Gasteiger partial charge in [0.1, 0.15) is 16.5 Å². The highest BCUT2D eigenvalue weighted by Crippen LogP contribution is 2.26. The number of nitrogens with one attached hydrogen (secondary N) is 1. The molecule has 3 heterocycles. The zero-order valence-corrected chi connectivity index (χ0v) is 11.4. The molecule has 0 amide bonds. The average Bonchev–Trinajstić information content (AvgIpc) is 2.98. The van der Waals surface area contributed by atoms with Crippen LogP contribution in [0.1, 0.15) is 35.3 Å². The van der Waals surface area contributed by atoms with Gasteiger partial charge in [-0.2, -0.15) is 0 Å². The van der Waals surface area contributed by atoms with E-state index in [1.807, 2.05) is 19.2 Å². The van der Waals surface area contributed by atoms with E-state index in [1.165, 1.54) is 11.3 Å². The third-order valence-corrected chi connectivity index (χ3v) is 4.02. The lowest BCUT2D eigenvalue weighted by Crippen LogP contribution is -2.16. The van der Waals surface area contributed by atoms with Crippen molar-refractivity contribution in [1.29, 1.82) is 0 Å². The maximum Gasteiger partial charge on any atom is 0.146 e. The summed E-state index contributed by atoms with van der Waals surface area (Å²) in [6, 6.07) is 2.32. The molecule has 0 bridgehead atoms. The number of hydrogen-bond donors (Lipinski definition) is 1. The molecular weight excluding hydrogens is 244 g/mol. The molecule has 0 saturated carbocycles. The summed E-state index contributed by atoms with van der Waals surface area (Å²) in [5.41, 5.74) is 1.96. The fraction of sp³-hybridized carbons (Fsp3) is 0.462. The predicted molar refractivity (Wildman–Crippen MR) is 72.6 cm³/mol. The van der Waals surface area contributed by atoms with E-state index in [0.29, 0.717) is 6.04 Å². The first kappa shape index (κ1) is 11.7. The molecule has 4 nitrogen and oxygen atoms in total. The summed E-state index contributed by atoms with van der Waals surface area (Å²) in [6.07, 6.45) is 4.22. The van der Waals surface area contributed by atoms with Crippen molar-refractivity contribution in [3.8, 4) is 10.7 Å². The van der Waals surface area contributed by atoms with E-state index in [0.717, 1.165) is 35.2 Å². The van der Waals surface area contributed by atoms with Gasteiger partial charge in [0.2, 0.25) is 0 Å². The second-order valence-electron chi connectivity index (χ2n) is 4.68. The number of rotatable bonds is 2. The van der Waals surface area contributed by atoms with E-state index in [4.69, 9.17) is 0 Å². The minimum absolute atomic E-state index is 0.310. The normalized spacial score (nSPS) is 19.3. The highest BCUT2D eigenvalue weighted by molar-refractivity contribution is 7.14. The Morgan fingerprint density at radius 1 is 1.33 bits per heavy atom. The molecule has 0 aliphatic carbocycles. The second kappa shape index (κ2) is 4.74. The highest BCUT2D eigenvalue weighted by Gasteiger charge is 2.20. The van der Waals surface area contributed by atoms with Crippen LogP contribution in [0.4, 0.5) is 0 Å². The van der Waals surface area contributed by atoms with Crippen LogP contribution < -0.4 is 5.32 Å². The second-order valence-corrected chi connectivity index (χ2v) is 5.91. The summed E-state index contributed by atoms with van der Waals surface area (Å²) < 4.78 is 0. The SMILES string of the molecule is Cc1cc(-c2ncc(C)s2)nc([C@H]2CCCN2)n1. The Hall–Kier alpha value is -1.33. The average molecular weight is 260 g/mol. The van der Waals surface area contributed by atoms with Gasteiger partial charge in [0, 0.05) is 16.8 Å². The van der Waals surface area contributed by atoms with Crippen LogP contribution in [0, 0.1) is 13.8 Å². The molecule has 3 rings (SSSR count). The Morgan fingerprint density at radius 2 is 2.22 bits per heavy atom. The Bertz CT molecular complexity index is 558. The van der Waals surface area contributed by atoms with Gasteiger partial charge in [-0.1, -0.05) is 0 Å². The Kier molecular flexibility index (Phi) is 3.09. The van der Waals surface area contributed by atoms with E-state index in [-0.39, 0.29) is 0 Å². The van der Waals surface area contributed by atoms with E-state index < -0.39 is 0 Å². The van der Waals surface area contributed by atoms with Crippen LogP contribution in [0.2, 0.25) is 0 Å². The fourth-order valence-corrected chi connectivity index (χ4v) is 2.96. The molecule has 2 aromatic rings. The Balaban J connectivity index is 1.99. The quantitative estimate of drug-likeness (QED) is 0.902. The van der Waals surface area contributed by atoms with Gasteiger partial charge in [0.15, 0.2) is 0 Å². The molecule has 0 aromatic carbocycles. The van der Waals surface area contributed by atoms with E-state index in [1.54, 1.807) is 11.3 Å². The summed E-state index contributed by atoms with van der Waals surface area (Å²) in [7, 11) is 0. The molecule has 1 saturated heterocycles. The molecule has 1 aliphatic heterocycles. The number of nitrogens with zero attached hydrogens (tertiary/aromatic N) is 3. The van der Waals surface area contributed by atoms with Crippen LogP contribution in [0.5, 0.6) is 0 Å². The van der Waals surface area contributed by atoms with Crippen molar-refractivity contribution in [2.75, 3.05) is 6.54 Å². The van der Waals surface area contributed by atoms with Gasteiger partial charge in [0.25, 0.3) is 0 Å². The van der Waals surface area contributed by atoms with Crippen molar-refractivity contribution in [3.05, 3.63) is 28.7 Å². The van der Waals surface area contributed by atoms with Gasteiger partial charge in [0.05, 0.1) is 6.04 Å². The Morgan fingerprint density at radius 3 is 2.89 bits per heavy atom. The number of aryl methyl sites for hydroxylation is 2. The van der Waals surface area contributed by atoms with Crippen LogP contribution in [-0.4, -0.2) is 21.5 Å². The standard InChI is InChI=1S/C13H16N4S/c1-8-6-11(13-15-7-9(2)18-13)17-12(16-8)10-4-3-5-14-10/h6-7,10,14H,3-5H2,1-2H3/t10-/m1/s1. The van der Waals surface area contributed by atoms with Gasteiger partial charge >= 0.3 is 0 Å². The lowest BCUT2D eigenvalue weighted by molar-refractivity contribution is 0.603. The first-order chi connectivity index (χ1) is 8.72. The van der Waals surface area contributed by atoms with Gasteiger partial charge < -0.3 is 5.32 Å². The van der Waals surface area contributed by atoms with E-state index in [2.05, 4.69) is 27.2 Å². The molecule has 1 N–H and O–H groups in total. The van der Waals surface area contributed by atoms with Crippen molar-refractivity contribution in [3.63, 3.8) is 0 Å². The number of hydrogen-bond acceptors (Lipinski definition) is 5. The maximum atomic E-state index is 4.67. The molecular formula is C13H16N4S. The van der Waals surface area contributed by atoms with Crippen LogP contribution in [-0.2, 0) is 0 Å². The summed E-state index contributed by atoms with van der Waals surface area (Å²) in [4.78, 5) is 14.8. The van der Waals surface area contributed by atoms with Crippen molar-refractivity contribution in [2.24, 2.45) is 0 Å². The summed E-state index contributed by atoms with van der Waals surface area (Å²) in [5.74, 6) is 0.912. The van der Waals surface area contributed by atoms with Crippen LogP contribution in [0.25, 0.3) is 10.7 Å². The van der Waals surface area contributed by atoms with E-state index >= 15 is 0 Å². The van der Waals surface area contributed by atoms with Crippen LogP contribution >= 0.6 is 11.3 Å². The largest absolute Gasteiger partial charge is 0.307 e. The zero-order chi connectivity index (χ0) is 12.5. The van der Waals surface area contributed by atoms with E-state index in [9.17, 15) is 0 Å². The molecule has 0 radical (unpaired) electrons. The lowest BCUT2D eigenvalue weighted by atomic mass is 10.2. The monoisotopic (exact) mass is 260 g/mol. The molecule has 5 heteroatoms.